The maximum absolute atomic E-state index is 10.8. The Morgan fingerprint density at radius 3 is 1.31 bits per heavy atom. The third kappa shape index (κ3) is 4.88. The van der Waals surface area contributed by atoms with Crippen LogP contribution in [0.5, 0.6) is 0 Å². The van der Waals surface area contributed by atoms with Crippen molar-refractivity contribution >= 4 is 34.2 Å². The fraction of sp³-hybridized carbons (Fsp3) is 0.240. The van der Waals surface area contributed by atoms with E-state index in [9.17, 15) is 9.81 Å². The fourth-order valence-corrected chi connectivity index (χ4v) is 3.61. The Bertz CT molecular complexity index is 1130. The highest BCUT2D eigenvalue weighted by atomic mass is 16.3. The van der Waals surface area contributed by atoms with Gasteiger partial charge in [-0.1, -0.05) is 6.07 Å². The molecular weight excluding hydrogens is 402 g/mol. The van der Waals surface area contributed by atoms with Gasteiger partial charge in [0, 0.05) is 0 Å². The molecule has 0 N–H and O–H groups in total. The van der Waals surface area contributed by atoms with E-state index in [1.807, 2.05) is 59.7 Å². The highest BCUT2D eigenvalue weighted by Gasteiger charge is 2.10. The van der Waals surface area contributed by atoms with Crippen LogP contribution in [-0.4, -0.2) is 16.4 Å². The zero-order chi connectivity index (χ0) is 23.4. The molecule has 2 aromatic carbocycles. The van der Waals surface area contributed by atoms with Crippen LogP contribution >= 0.6 is 0 Å². The molecule has 0 amide bonds. The normalized spacial score (nSPS) is 12.1. The summed E-state index contributed by atoms with van der Waals surface area (Å²) in [5.41, 5.74) is 8.92. The molecule has 0 fully saturated rings. The van der Waals surface area contributed by atoms with Gasteiger partial charge in [0.2, 0.25) is 0 Å². The van der Waals surface area contributed by atoms with Crippen molar-refractivity contribution in [1.29, 1.82) is 0 Å². The quantitative estimate of drug-likeness (QED) is 0.303. The average Bonchev–Trinajstić information content (AvgIpc) is 2.78. The molecule has 0 saturated carbocycles. The molecule has 1 aromatic heterocycles. The Labute approximate surface area is 187 Å². The van der Waals surface area contributed by atoms with Crippen molar-refractivity contribution in [3.8, 4) is 0 Å². The first-order valence-corrected chi connectivity index (χ1v) is 10.2. The van der Waals surface area contributed by atoms with Gasteiger partial charge in [0.1, 0.15) is 11.4 Å². The molecule has 0 spiro atoms. The van der Waals surface area contributed by atoms with Gasteiger partial charge in [-0.15, -0.1) is 9.81 Å². The van der Waals surface area contributed by atoms with Crippen molar-refractivity contribution in [1.82, 2.24) is 4.98 Å². The Morgan fingerprint density at radius 1 is 0.656 bits per heavy atom. The summed E-state index contributed by atoms with van der Waals surface area (Å²) in [6.07, 6.45) is 0. The maximum atomic E-state index is 10.8. The second kappa shape index (κ2) is 9.51. The van der Waals surface area contributed by atoms with Crippen LogP contribution in [0.3, 0.4) is 0 Å². The molecule has 0 aliphatic rings. The predicted octanol–water partition coefficient (Wildman–Crippen LogP) is 7.39. The summed E-state index contributed by atoms with van der Waals surface area (Å²) in [6, 6.07) is 12.6. The third-order valence-electron chi connectivity index (χ3n) is 5.21. The van der Waals surface area contributed by atoms with Gasteiger partial charge in [0.25, 0.3) is 0 Å². The van der Waals surface area contributed by atoms with Crippen LogP contribution in [0.15, 0.2) is 62.8 Å². The highest BCUT2D eigenvalue weighted by molar-refractivity contribution is 6.02. The van der Waals surface area contributed by atoms with Crippen molar-refractivity contribution in [2.75, 3.05) is 0 Å². The van der Waals surface area contributed by atoms with Crippen molar-refractivity contribution in [3.05, 3.63) is 85.9 Å². The molecular formula is C25H25N5O2. The molecule has 0 radical (unpaired) electrons. The minimum atomic E-state index is 0.395. The van der Waals surface area contributed by atoms with E-state index < -0.39 is 0 Å². The van der Waals surface area contributed by atoms with E-state index in [4.69, 9.17) is 15.0 Å². The predicted molar refractivity (Wildman–Crippen MR) is 131 cm³/mol. The molecule has 0 atom stereocenters. The van der Waals surface area contributed by atoms with Crippen LogP contribution in [0, 0.1) is 37.5 Å². The molecule has 7 nitrogen and oxygen atoms in total. The van der Waals surface area contributed by atoms with E-state index in [1.54, 1.807) is 24.3 Å². The van der Waals surface area contributed by atoms with E-state index in [2.05, 4.69) is 10.4 Å². The number of nitroso groups, excluding NO2 is 2. The number of rotatable bonds is 6. The number of hydrogen-bond donors (Lipinski definition) is 0. The van der Waals surface area contributed by atoms with E-state index in [0.29, 0.717) is 11.4 Å². The summed E-state index contributed by atoms with van der Waals surface area (Å²) in [6.45, 7) is 11.4. The van der Waals surface area contributed by atoms with E-state index in [1.165, 1.54) is 0 Å². The standard InChI is InChI=1S/C25H25N5O2/c1-14-10-20(29-31)11-15(2)24(14)26-18(5)22-8-7-9-23(28-22)19(6)27-25-16(3)12-21(30-32)13-17(25)4/h7-13H,1-6H3/b26-18+,27-19+. The van der Waals surface area contributed by atoms with Crippen molar-refractivity contribution in [2.45, 2.75) is 41.5 Å². The fourth-order valence-electron chi connectivity index (χ4n) is 3.61. The van der Waals surface area contributed by atoms with Crippen LogP contribution in [0.2, 0.25) is 0 Å². The number of aryl methyl sites for hydroxylation is 4. The Hall–Kier alpha value is -3.87. The third-order valence-corrected chi connectivity index (χ3v) is 5.21. The molecule has 0 aliphatic heterocycles. The SMILES string of the molecule is C/C(=N\c1c(C)cc(N=O)cc1C)c1cccc(/C(C)=N/c2c(C)cc(N=O)cc2C)n1. The van der Waals surface area contributed by atoms with Crippen molar-refractivity contribution in [2.24, 2.45) is 20.3 Å². The van der Waals surface area contributed by atoms with Crippen LogP contribution in [0.4, 0.5) is 22.7 Å². The zero-order valence-corrected chi connectivity index (χ0v) is 19.1. The molecule has 0 aliphatic carbocycles. The Balaban J connectivity index is 1.98. The Morgan fingerprint density at radius 2 is 1.00 bits per heavy atom. The molecule has 3 aromatic rings. The largest absolute Gasteiger partial charge is 0.251 e. The molecule has 32 heavy (non-hydrogen) atoms. The zero-order valence-electron chi connectivity index (χ0n) is 19.1. The molecule has 0 unspecified atom stereocenters. The lowest BCUT2D eigenvalue weighted by Crippen LogP contribution is -2.05. The van der Waals surface area contributed by atoms with Crippen LogP contribution in [0.1, 0.15) is 47.5 Å². The maximum Gasteiger partial charge on any atom is 0.108 e. The van der Waals surface area contributed by atoms with E-state index in [0.717, 1.165) is 56.4 Å². The van der Waals surface area contributed by atoms with Gasteiger partial charge in [0.15, 0.2) is 0 Å². The number of nitrogens with zero attached hydrogens (tertiary/aromatic N) is 5. The average molecular weight is 428 g/mol. The van der Waals surface area contributed by atoms with Gasteiger partial charge >= 0.3 is 0 Å². The smallest absolute Gasteiger partial charge is 0.108 e. The van der Waals surface area contributed by atoms with Gasteiger partial charge in [-0.25, -0.2) is 4.98 Å². The first-order chi connectivity index (χ1) is 15.2. The molecule has 3 rings (SSSR count). The minimum Gasteiger partial charge on any atom is -0.251 e. The highest BCUT2D eigenvalue weighted by Crippen LogP contribution is 2.30. The van der Waals surface area contributed by atoms with Gasteiger partial charge in [-0.05, 0) is 111 Å². The van der Waals surface area contributed by atoms with Crippen LogP contribution in [-0.2, 0) is 0 Å². The summed E-state index contributed by atoms with van der Waals surface area (Å²) in [5.74, 6) is 0. The van der Waals surface area contributed by atoms with Crippen LogP contribution < -0.4 is 0 Å². The first-order valence-electron chi connectivity index (χ1n) is 10.2. The first kappa shape index (κ1) is 22.8. The van der Waals surface area contributed by atoms with Crippen LogP contribution in [0.25, 0.3) is 0 Å². The summed E-state index contributed by atoms with van der Waals surface area (Å²) < 4.78 is 0. The lowest BCUT2D eigenvalue weighted by molar-refractivity contribution is 1.22. The number of hydrogen-bond acceptors (Lipinski definition) is 7. The number of benzene rings is 2. The molecule has 0 saturated heterocycles. The van der Waals surface area contributed by atoms with Gasteiger partial charge in [-0.2, -0.15) is 0 Å². The number of pyridine rings is 1. The second-order valence-corrected chi connectivity index (χ2v) is 7.84. The van der Waals surface area contributed by atoms with Crippen molar-refractivity contribution < 1.29 is 0 Å². The summed E-state index contributed by atoms with van der Waals surface area (Å²) in [5, 5.41) is 6.03. The Kier molecular flexibility index (Phi) is 6.78. The van der Waals surface area contributed by atoms with Gasteiger partial charge < -0.3 is 0 Å². The summed E-state index contributed by atoms with van der Waals surface area (Å²) in [7, 11) is 0. The topological polar surface area (TPSA) is 96.5 Å². The monoisotopic (exact) mass is 427 g/mol. The summed E-state index contributed by atoms with van der Waals surface area (Å²) in [4.78, 5) is 36.0. The second-order valence-electron chi connectivity index (χ2n) is 7.84. The van der Waals surface area contributed by atoms with Crippen molar-refractivity contribution in [3.63, 3.8) is 0 Å². The number of aliphatic imine (C=N–C) groups is 2. The van der Waals surface area contributed by atoms with Gasteiger partial charge in [0.05, 0.1) is 34.2 Å². The lowest BCUT2D eigenvalue weighted by Gasteiger charge is -2.10. The van der Waals surface area contributed by atoms with Gasteiger partial charge in [-0.3, -0.25) is 9.98 Å². The van der Waals surface area contributed by atoms with E-state index >= 15 is 0 Å². The molecule has 7 heteroatoms. The minimum absolute atomic E-state index is 0.395. The molecule has 1 heterocycles. The lowest BCUT2D eigenvalue weighted by atomic mass is 10.1. The van der Waals surface area contributed by atoms with E-state index in [-0.39, 0.29) is 0 Å². The number of aromatic nitrogens is 1. The summed E-state index contributed by atoms with van der Waals surface area (Å²) >= 11 is 0. The molecule has 162 valence electrons. The molecule has 0 bridgehead atoms.